The fourth-order valence-corrected chi connectivity index (χ4v) is 5.01. The standard InChI is InChI=1S/C22H30N2O3S/c1-14-15(2)17(4)22(18(5)16(14)3)28(26,27)23-13-12-21(25)24-19(6)20-10-8-7-9-11-20/h7-11,19,23H,12-13H2,1-6H3,(H,24,25). The molecule has 1 amide bonds. The summed E-state index contributed by atoms with van der Waals surface area (Å²) in [5.41, 5.74) is 5.61. The van der Waals surface area contributed by atoms with Gasteiger partial charge in [-0.1, -0.05) is 30.3 Å². The molecule has 6 heteroatoms. The summed E-state index contributed by atoms with van der Waals surface area (Å²) in [6.45, 7) is 11.5. The van der Waals surface area contributed by atoms with Gasteiger partial charge in [-0.25, -0.2) is 13.1 Å². The fourth-order valence-electron chi connectivity index (χ4n) is 3.38. The smallest absolute Gasteiger partial charge is 0.241 e. The van der Waals surface area contributed by atoms with Gasteiger partial charge in [-0.05, 0) is 74.9 Å². The van der Waals surface area contributed by atoms with Crippen LogP contribution in [-0.4, -0.2) is 20.9 Å². The largest absolute Gasteiger partial charge is 0.350 e. The number of benzene rings is 2. The van der Waals surface area contributed by atoms with Crippen molar-refractivity contribution in [1.82, 2.24) is 10.0 Å². The normalized spacial score (nSPS) is 12.6. The molecule has 28 heavy (non-hydrogen) atoms. The third-order valence-electron chi connectivity index (χ3n) is 5.52. The minimum absolute atomic E-state index is 0.0561. The highest BCUT2D eigenvalue weighted by molar-refractivity contribution is 7.89. The number of sulfonamides is 1. The predicted molar refractivity (Wildman–Crippen MR) is 113 cm³/mol. The maximum absolute atomic E-state index is 12.9. The Bertz CT molecular complexity index is 938. The first-order chi connectivity index (χ1) is 13.1. The molecule has 1 atom stereocenters. The Labute approximate surface area is 168 Å². The number of hydrogen-bond acceptors (Lipinski definition) is 3. The summed E-state index contributed by atoms with van der Waals surface area (Å²) >= 11 is 0. The molecule has 0 aliphatic heterocycles. The molecule has 0 saturated heterocycles. The van der Waals surface area contributed by atoms with Crippen LogP contribution in [0.5, 0.6) is 0 Å². The lowest BCUT2D eigenvalue weighted by atomic mass is 9.95. The van der Waals surface area contributed by atoms with Gasteiger partial charge in [-0.3, -0.25) is 4.79 Å². The van der Waals surface area contributed by atoms with E-state index in [1.165, 1.54) is 0 Å². The van der Waals surface area contributed by atoms with Crippen LogP contribution < -0.4 is 10.0 Å². The van der Waals surface area contributed by atoms with Crippen molar-refractivity contribution in [2.24, 2.45) is 0 Å². The summed E-state index contributed by atoms with van der Waals surface area (Å²) in [7, 11) is -3.69. The van der Waals surface area contributed by atoms with Crippen molar-refractivity contribution in [2.45, 2.75) is 58.9 Å². The minimum Gasteiger partial charge on any atom is -0.350 e. The summed E-state index contributed by atoms with van der Waals surface area (Å²) in [5, 5.41) is 2.90. The van der Waals surface area contributed by atoms with Gasteiger partial charge in [0.15, 0.2) is 0 Å². The zero-order valence-corrected chi connectivity index (χ0v) is 18.3. The topological polar surface area (TPSA) is 75.3 Å². The molecule has 2 rings (SSSR count). The molecule has 2 aromatic carbocycles. The zero-order chi connectivity index (χ0) is 21.1. The van der Waals surface area contributed by atoms with Crippen molar-refractivity contribution in [3.8, 4) is 0 Å². The van der Waals surface area contributed by atoms with Gasteiger partial charge in [0, 0.05) is 13.0 Å². The van der Waals surface area contributed by atoms with E-state index in [4.69, 9.17) is 0 Å². The average Bonchev–Trinajstić information content (AvgIpc) is 2.65. The first-order valence-corrected chi connectivity index (χ1v) is 11.0. The molecule has 0 radical (unpaired) electrons. The van der Waals surface area contributed by atoms with Gasteiger partial charge >= 0.3 is 0 Å². The number of nitrogens with one attached hydrogen (secondary N) is 2. The third-order valence-corrected chi connectivity index (χ3v) is 7.26. The Morgan fingerprint density at radius 3 is 1.93 bits per heavy atom. The van der Waals surface area contributed by atoms with Gasteiger partial charge in [0.25, 0.3) is 0 Å². The molecule has 0 fully saturated rings. The summed E-state index contributed by atoms with van der Waals surface area (Å²) < 4.78 is 28.3. The first-order valence-electron chi connectivity index (χ1n) is 9.47. The second-order valence-corrected chi connectivity index (χ2v) is 9.01. The van der Waals surface area contributed by atoms with Crippen LogP contribution in [0.15, 0.2) is 35.2 Å². The number of amides is 1. The molecular formula is C22H30N2O3S. The molecule has 2 aromatic rings. The summed E-state index contributed by atoms with van der Waals surface area (Å²) in [5.74, 6) is -0.191. The summed E-state index contributed by atoms with van der Waals surface area (Å²) in [6.07, 6.45) is 0.0817. The van der Waals surface area contributed by atoms with Crippen molar-refractivity contribution in [2.75, 3.05) is 6.54 Å². The Kier molecular flexibility index (Phi) is 7.01. The van der Waals surface area contributed by atoms with E-state index in [2.05, 4.69) is 10.0 Å². The monoisotopic (exact) mass is 402 g/mol. The second kappa shape index (κ2) is 8.88. The van der Waals surface area contributed by atoms with Crippen molar-refractivity contribution in [1.29, 1.82) is 0 Å². The van der Waals surface area contributed by atoms with Gasteiger partial charge in [0.1, 0.15) is 0 Å². The number of carbonyl (C=O) groups is 1. The highest BCUT2D eigenvalue weighted by Gasteiger charge is 2.23. The van der Waals surface area contributed by atoms with E-state index in [-0.39, 0.29) is 24.9 Å². The van der Waals surface area contributed by atoms with Gasteiger partial charge < -0.3 is 5.32 Å². The quantitative estimate of drug-likeness (QED) is 0.740. The fraction of sp³-hybridized carbons (Fsp3) is 0.409. The van der Waals surface area contributed by atoms with Gasteiger partial charge in [-0.2, -0.15) is 0 Å². The molecule has 152 valence electrons. The van der Waals surface area contributed by atoms with Crippen LogP contribution in [0, 0.1) is 34.6 Å². The molecule has 0 heterocycles. The predicted octanol–water partition coefficient (Wildman–Crippen LogP) is 3.77. The van der Waals surface area contributed by atoms with Crippen LogP contribution in [0.4, 0.5) is 0 Å². The van der Waals surface area contributed by atoms with Crippen LogP contribution in [0.25, 0.3) is 0 Å². The SMILES string of the molecule is Cc1c(C)c(C)c(S(=O)(=O)NCCC(=O)NC(C)c2ccccc2)c(C)c1C. The number of carbonyl (C=O) groups excluding carboxylic acids is 1. The average molecular weight is 403 g/mol. The Balaban J connectivity index is 2.04. The molecule has 0 bridgehead atoms. The highest BCUT2D eigenvalue weighted by Crippen LogP contribution is 2.29. The summed E-state index contributed by atoms with van der Waals surface area (Å²) in [6, 6.07) is 9.52. The Morgan fingerprint density at radius 2 is 1.39 bits per heavy atom. The molecule has 0 saturated carbocycles. The second-order valence-electron chi connectivity index (χ2n) is 7.30. The zero-order valence-electron chi connectivity index (χ0n) is 17.5. The Hall–Kier alpha value is -2.18. The lowest BCUT2D eigenvalue weighted by Crippen LogP contribution is -2.32. The van der Waals surface area contributed by atoms with E-state index >= 15 is 0 Å². The van der Waals surface area contributed by atoms with Gasteiger partial charge in [-0.15, -0.1) is 0 Å². The van der Waals surface area contributed by atoms with E-state index in [0.717, 1.165) is 33.4 Å². The van der Waals surface area contributed by atoms with E-state index in [1.54, 1.807) is 0 Å². The van der Waals surface area contributed by atoms with Crippen LogP contribution in [0.1, 0.15) is 52.8 Å². The highest BCUT2D eigenvalue weighted by atomic mass is 32.2. The van der Waals surface area contributed by atoms with Crippen molar-refractivity contribution < 1.29 is 13.2 Å². The van der Waals surface area contributed by atoms with Gasteiger partial charge in [0.2, 0.25) is 15.9 Å². The molecule has 2 N–H and O–H groups in total. The molecular weight excluding hydrogens is 372 g/mol. The summed E-state index contributed by atoms with van der Waals surface area (Å²) in [4.78, 5) is 12.5. The first kappa shape index (κ1) is 22.1. The van der Waals surface area contributed by atoms with Gasteiger partial charge in [0.05, 0.1) is 10.9 Å². The van der Waals surface area contributed by atoms with E-state index in [1.807, 2.05) is 71.9 Å². The van der Waals surface area contributed by atoms with Crippen molar-refractivity contribution in [3.63, 3.8) is 0 Å². The number of hydrogen-bond donors (Lipinski definition) is 2. The molecule has 0 aromatic heterocycles. The third kappa shape index (κ3) is 4.80. The van der Waals surface area contributed by atoms with Crippen LogP contribution in [0.2, 0.25) is 0 Å². The maximum atomic E-state index is 12.9. The van der Waals surface area contributed by atoms with Crippen molar-refractivity contribution in [3.05, 3.63) is 63.7 Å². The van der Waals surface area contributed by atoms with E-state index in [9.17, 15) is 13.2 Å². The lowest BCUT2D eigenvalue weighted by molar-refractivity contribution is -0.121. The molecule has 0 aliphatic rings. The molecule has 0 aliphatic carbocycles. The van der Waals surface area contributed by atoms with Crippen LogP contribution in [-0.2, 0) is 14.8 Å². The Morgan fingerprint density at radius 1 is 0.893 bits per heavy atom. The molecule has 0 spiro atoms. The van der Waals surface area contributed by atoms with Crippen molar-refractivity contribution >= 4 is 15.9 Å². The van der Waals surface area contributed by atoms with E-state index < -0.39 is 10.0 Å². The van der Waals surface area contributed by atoms with Crippen LogP contribution in [0.3, 0.4) is 0 Å². The molecule has 1 unspecified atom stereocenters. The number of rotatable bonds is 7. The maximum Gasteiger partial charge on any atom is 0.241 e. The van der Waals surface area contributed by atoms with E-state index in [0.29, 0.717) is 4.90 Å². The minimum atomic E-state index is -3.69. The van der Waals surface area contributed by atoms with Crippen LogP contribution >= 0.6 is 0 Å². The lowest BCUT2D eigenvalue weighted by Gasteiger charge is -2.19. The molecule has 5 nitrogen and oxygen atoms in total.